The summed E-state index contributed by atoms with van der Waals surface area (Å²) in [4.78, 5) is 14.8. The van der Waals surface area contributed by atoms with Gasteiger partial charge in [0.25, 0.3) is 0 Å². The molecule has 0 radical (unpaired) electrons. The van der Waals surface area contributed by atoms with Crippen LogP contribution in [0.15, 0.2) is 47.8 Å². The fourth-order valence-corrected chi connectivity index (χ4v) is 3.01. The largest absolute Gasteiger partial charge is 0.318 e. The number of β-lactam (4-membered cyclic amide) rings is 1. The highest BCUT2D eigenvalue weighted by molar-refractivity contribution is 7.10. The molecule has 0 bridgehead atoms. The standard InChI is InChI=1S/C13H12N2OS/c14-11-12(10-7-4-8-17-10)15(13(11)16)9-5-2-1-3-6-9/h1-8,11-12H,14H2/t11-,12+/m0/s1. The number of amides is 1. The summed E-state index contributed by atoms with van der Waals surface area (Å²) in [5.41, 5.74) is 6.82. The van der Waals surface area contributed by atoms with Gasteiger partial charge in [0, 0.05) is 10.6 Å². The van der Waals surface area contributed by atoms with E-state index >= 15 is 0 Å². The molecule has 4 heteroatoms. The molecule has 2 heterocycles. The van der Waals surface area contributed by atoms with Crippen LogP contribution in [0.1, 0.15) is 10.9 Å². The van der Waals surface area contributed by atoms with E-state index in [9.17, 15) is 4.79 Å². The van der Waals surface area contributed by atoms with Crippen molar-refractivity contribution in [2.75, 3.05) is 4.90 Å². The topological polar surface area (TPSA) is 46.3 Å². The van der Waals surface area contributed by atoms with Crippen molar-refractivity contribution in [2.45, 2.75) is 12.1 Å². The van der Waals surface area contributed by atoms with Gasteiger partial charge in [-0.25, -0.2) is 0 Å². The lowest BCUT2D eigenvalue weighted by atomic mass is 9.93. The van der Waals surface area contributed by atoms with E-state index in [1.807, 2.05) is 47.8 Å². The number of nitrogens with two attached hydrogens (primary N) is 1. The second kappa shape index (κ2) is 3.98. The molecule has 1 aliphatic rings. The molecule has 3 rings (SSSR count). The number of nitrogens with zero attached hydrogens (tertiary/aromatic N) is 1. The monoisotopic (exact) mass is 244 g/mol. The zero-order chi connectivity index (χ0) is 11.8. The third kappa shape index (κ3) is 1.57. The maximum atomic E-state index is 11.9. The smallest absolute Gasteiger partial charge is 0.247 e. The number of hydrogen-bond donors (Lipinski definition) is 1. The summed E-state index contributed by atoms with van der Waals surface area (Å²) in [6, 6.07) is 13.3. The van der Waals surface area contributed by atoms with Crippen LogP contribution in [0.3, 0.4) is 0 Å². The van der Waals surface area contributed by atoms with Crippen LogP contribution < -0.4 is 10.6 Å². The van der Waals surface area contributed by atoms with Crippen LogP contribution in [0.5, 0.6) is 0 Å². The van der Waals surface area contributed by atoms with Crippen LogP contribution in [0.4, 0.5) is 5.69 Å². The summed E-state index contributed by atoms with van der Waals surface area (Å²) >= 11 is 1.64. The third-order valence-corrected chi connectivity index (χ3v) is 3.95. The zero-order valence-electron chi connectivity index (χ0n) is 9.11. The summed E-state index contributed by atoms with van der Waals surface area (Å²) in [5.74, 6) is -0.00500. The number of carbonyl (C=O) groups excluding carboxylic acids is 1. The summed E-state index contributed by atoms with van der Waals surface area (Å²) in [6.45, 7) is 0. The number of carbonyl (C=O) groups is 1. The Balaban J connectivity index is 1.97. The first-order valence-electron chi connectivity index (χ1n) is 5.46. The van der Waals surface area contributed by atoms with Crippen molar-refractivity contribution in [1.82, 2.24) is 0 Å². The summed E-state index contributed by atoms with van der Waals surface area (Å²) < 4.78 is 0. The summed E-state index contributed by atoms with van der Waals surface area (Å²) in [6.07, 6.45) is 0. The highest BCUT2D eigenvalue weighted by atomic mass is 32.1. The Bertz CT molecular complexity index is 524. The summed E-state index contributed by atoms with van der Waals surface area (Å²) in [5, 5.41) is 2.01. The molecule has 86 valence electrons. The molecule has 1 aromatic carbocycles. The van der Waals surface area contributed by atoms with Gasteiger partial charge in [0.2, 0.25) is 5.91 Å². The average Bonchev–Trinajstić information content (AvgIpc) is 2.88. The Labute approximate surface area is 103 Å². The van der Waals surface area contributed by atoms with Gasteiger partial charge in [-0.2, -0.15) is 0 Å². The minimum absolute atomic E-state index is 0.00500. The first kappa shape index (κ1) is 10.5. The predicted molar refractivity (Wildman–Crippen MR) is 69.0 cm³/mol. The van der Waals surface area contributed by atoms with Crippen molar-refractivity contribution in [1.29, 1.82) is 0 Å². The molecule has 0 unspecified atom stereocenters. The Morgan fingerprint density at radius 3 is 2.53 bits per heavy atom. The minimum Gasteiger partial charge on any atom is -0.318 e. The molecule has 3 nitrogen and oxygen atoms in total. The lowest BCUT2D eigenvalue weighted by molar-refractivity contribution is -0.126. The van der Waals surface area contributed by atoms with Gasteiger partial charge in [-0.1, -0.05) is 24.3 Å². The second-order valence-electron chi connectivity index (χ2n) is 4.03. The molecule has 1 saturated heterocycles. The van der Waals surface area contributed by atoms with Gasteiger partial charge < -0.3 is 10.6 Å². The van der Waals surface area contributed by atoms with E-state index in [4.69, 9.17) is 5.73 Å². The highest BCUT2D eigenvalue weighted by Gasteiger charge is 2.47. The predicted octanol–water partition coefficient (Wildman–Crippen LogP) is 2.16. The van der Waals surface area contributed by atoms with E-state index in [-0.39, 0.29) is 11.9 Å². The Kier molecular flexibility index (Phi) is 2.46. The first-order valence-corrected chi connectivity index (χ1v) is 6.34. The van der Waals surface area contributed by atoms with Crippen LogP contribution in [0, 0.1) is 0 Å². The van der Waals surface area contributed by atoms with Crippen LogP contribution in [0.2, 0.25) is 0 Å². The minimum atomic E-state index is -0.408. The van der Waals surface area contributed by atoms with Gasteiger partial charge in [-0.15, -0.1) is 11.3 Å². The number of hydrogen-bond acceptors (Lipinski definition) is 3. The van der Waals surface area contributed by atoms with E-state index in [1.54, 1.807) is 16.2 Å². The molecular weight excluding hydrogens is 232 g/mol. The van der Waals surface area contributed by atoms with Crippen LogP contribution in [-0.2, 0) is 4.79 Å². The number of anilines is 1. The molecule has 0 aliphatic carbocycles. The van der Waals surface area contributed by atoms with Crippen molar-refractivity contribution in [3.8, 4) is 0 Å². The van der Waals surface area contributed by atoms with Crippen molar-refractivity contribution >= 4 is 22.9 Å². The molecular formula is C13H12N2OS. The Hall–Kier alpha value is -1.65. The van der Waals surface area contributed by atoms with Gasteiger partial charge >= 0.3 is 0 Å². The van der Waals surface area contributed by atoms with E-state index in [1.165, 1.54) is 0 Å². The lowest BCUT2D eigenvalue weighted by Crippen LogP contribution is -2.63. The van der Waals surface area contributed by atoms with Crippen molar-refractivity contribution in [3.05, 3.63) is 52.7 Å². The number of benzene rings is 1. The molecule has 0 spiro atoms. The fourth-order valence-electron chi connectivity index (χ4n) is 2.15. The van der Waals surface area contributed by atoms with Gasteiger partial charge in [-0.05, 0) is 23.6 Å². The van der Waals surface area contributed by atoms with Crippen molar-refractivity contribution in [2.24, 2.45) is 5.73 Å². The van der Waals surface area contributed by atoms with Gasteiger partial charge in [-0.3, -0.25) is 4.79 Å². The van der Waals surface area contributed by atoms with Gasteiger partial charge in [0.1, 0.15) is 6.04 Å². The highest BCUT2D eigenvalue weighted by Crippen LogP contribution is 2.39. The van der Waals surface area contributed by atoms with Crippen molar-refractivity contribution in [3.63, 3.8) is 0 Å². The summed E-state index contributed by atoms with van der Waals surface area (Å²) in [7, 11) is 0. The Morgan fingerprint density at radius 1 is 1.12 bits per heavy atom. The molecule has 1 aromatic heterocycles. The number of thiophene rings is 1. The average molecular weight is 244 g/mol. The lowest BCUT2D eigenvalue weighted by Gasteiger charge is -2.44. The van der Waals surface area contributed by atoms with Gasteiger partial charge in [0.05, 0.1) is 6.04 Å². The molecule has 2 N–H and O–H groups in total. The molecule has 1 fully saturated rings. The van der Waals surface area contributed by atoms with Crippen molar-refractivity contribution < 1.29 is 4.79 Å². The quantitative estimate of drug-likeness (QED) is 0.823. The van der Waals surface area contributed by atoms with E-state index in [0.717, 1.165) is 10.6 Å². The third-order valence-electron chi connectivity index (χ3n) is 3.01. The SMILES string of the molecule is N[C@@H]1C(=O)N(c2ccccc2)[C@@H]1c1cccs1. The normalized spacial score (nSPS) is 23.6. The number of rotatable bonds is 2. The fraction of sp³-hybridized carbons (Fsp3) is 0.154. The molecule has 2 aromatic rings. The molecule has 0 saturated carbocycles. The van der Waals surface area contributed by atoms with E-state index in [2.05, 4.69) is 0 Å². The molecule has 17 heavy (non-hydrogen) atoms. The van der Waals surface area contributed by atoms with Crippen LogP contribution in [0.25, 0.3) is 0 Å². The first-order chi connectivity index (χ1) is 8.29. The van der Waals surface area contributed by atoms with Crippen LogP contribution >= 0.6 is 11.3 Å². The molecule has 1 aliphatic heterocycles. The van der Waals surface area contributed by atoms with E-state index in [0.29, 0.717) is 0 Å². The van der Waals surface area contributed by atoms with E-state index < -0.39 is 6.04 Å². The zero-order valence-corrected chi connectivity index (χ0v) is 9.93. The maximum Gasteiger partial charge on any atom is 0.247 e. The maximum absolute atomic E-state index is 11.9. The second-order valence-corrected chi connectivity index (χ2v) is 5.01. The number of para-hydroxylation sites is 1. The molecule has 1 amide bonds. The Morgan fingerprint density at radius 2 is 1.88 bits per heavy atom. The molecule has 2 atom stereocenters. The van der Waals surface area contributed by atoms with Gasteiger partial charge in [0.15, 0.2) is 0 Å². The van der Waals surface area contributed by atoms with Crippen LogP contribution in [-0.4, -0.2) is 11.9 Å².